The van der Waals surface area contributed by atoms with Gasteiger partial charge in [-0.3, -0.25) is 0 Å². The number of benzene rings is 1. The molecule has 0 saturated heterocycles. The Morgan fingerprint density at radius 3 is 1.42 bits per heavy atom. The van der Waals surface area contributed by atoms with Crippen molar-refractivity contribution in [1.82, 2.24) is 0 Å². The Bertz CT molecular complexity index is 237. The van der Waals surface area contributed by atoms with Gasteiger partial charge in [0.15, 0.2) is 0 Å². The van der Waals surface area contributed by atoms with E-state index in [1.54, 1.807) is 0 Å². The molecule has 0 nitrogen and oxygen atoms in total. The first-order valence-corrected chi connectivity index (χ1v) is 6.60. The molecule has 2 atom stereocenters. The van der Waals surface area contributed by atoms with Crippen LogP contribution in [0.5, 0.6) is 0 Å². The van der Waals surface area contributed by atoms with Gasteiger partial charge in [-0.25, -0.2) is 0 Å². The fourth-order valence-corrected chi connectivity index (χ4v) is 4.08. The van der Waals surface area contributed by atoms with E-state index in [9.17, 15) is 0 Å². The molecule has 2 aliphatic carbocycles. The molecule has 0 aliphatic heterocycles. The zero-order valence-electron chi connectivity index (χ0n) is 7.28. The van der Waals surface area contributed by atoms with Crippen molar-refractivity contribution in [3.8, 4) is 0 Å². The number of hydrogen-bond donors (Lipinski definition) is 0. The molecule has 0 radical (unpaired) electrons. The van der Waals surface area contributed by atoms with Gasteiger partial charge in [-0.1, -0.05) is 24.3 Å². The third-order valence-corrected chi connectivity index (χ3v) is 4.65. The van der Waals surface area contributed by atoms with Crippen LogP contribution in [0.2, 0.25) is 0 Å². The van der Waals surface area contributed by atoms with Crippen LogP contribution in [0, 0.1) is 0 Å². The summed E-state index contributed by atoms with van der Waals surface area (Å²) in [6.07, 6.45) is 4.40. The minimum Gasteiger partial charge on any atom is -0.156 e. The van der Waals surface area contributed by atoms with Crippen LogP contribution >= 0.6 is 23.5 Å². The topological polar surface area (TPSA) is 0 Å². The van der Waals surface area contributed by atoms with E-state index >= 15 is 0 Å². The predicted octanol–water partition coefficient (Wildman–Crippen LogP) is 3.51. The van der Waals surface area contributed by atoms with Crippen LogP contribution in [-0.2, 0) is 0 Å². The van der Waals surface area contributed by atoms with E-state index in [0.29, 0.717) is 10.5 Å². The van der Waals surface area contributed by atoms with E-state index in [1.807, 2.05) is 23.5 Å². The van der Waals surface area contributed by atoms with E-state index in [0.717, 1.165) is 0 Å². The number of fused-ring (bicyclic) bond motifs is 3. The van der Waals surface area contributed by atoms with Crippen LogP contribution in [0.15, 0.2) is 24.3 Å². The normalized spacial score (nSPS) is 26.2. The lowest BCUT2D eigenvalue weighted by atomic mass is 9.95. The maximum absolute atomic E-state index is 2.25. The molecule has 0 fully saturated rings. The van der Waals surface area contributed by atoms with Crippen LogP contribution in [0.1, 0.15) is 21.6 Å². The molecule has 0 heterocycles. The molecule has 2 aliphatic rings. The Morgan fingerprint density at radius 1 is 0.833 bits per heavy atom. The van der Waals surface area contributed by atoms with Crippen LogP contribution in [0.4, 0.5) is 0 Å². The maximum Gasteiger partial charge on any atom is 0.0454 e. The van der Waals surface area contributed by atoms with Crippen LogP contribution < -0.4 is 0 Å². The lowest BCUT2D eigenvalue weighted by Gasteiger charge is -2.30. The molecule has 3 rings (SSSR count). The van der Waals surface area contributed by atoms with Gasteiger partial charge in [-0.15, -0.1) is 0 Å². The number of hydrogen-bond acceptors (Lipinski definition) is 2. The van der Waals surface area contributed by atoms with Gasteiger partial charge >= 0.3 is 0 Å². The second-order valence-corrected chi connectivity index (χ2v) is 4.94. The van der Waals surface area contributed by atoms with Gasteiger partial charge in [-0.05, 0) is 23.6 Å². The number of rotatable bonds is 2. The molecule has 0 spiro atoms. The van der Waals surface area contributed by atoms with Crippen molar-refractivity contribution in [3.63, 3.8) is 0 Å². The quantitative estimate of drug-likeness (QED) is 0.710. The Balaban J connectivity index is 2.40. The lowest BCUT2D eigenvalue weighted by molar-refractivity contribution is 0.875. The Labute approximate surface area is 82.1 Å². The molecule has 2 heteroatoms. The molecule has 2 bridgehead atoms. The van der Waals surface area contributed by atoms with E-state index < -0.39 is 0 Å². The van der Waals surface area contributed by atoms with E-state index in [1.165, 1.54) is 11.1 Å². The lowest BCUT2D eigenvalue weighted by Crippen LogP contribution is -2.10. The van der Waals surface area contributed by atoms with E-state index in [-0.39, 0.29) is 0 Å². The summed E-state index contributed by atoms with van der Waals surface area (Å²) in [5.74, 6) is 0. The summed E-state index contributed by atoms with van der Waals surface area (Å²) in [7, 11) is 0. The summed E-state index contributed by atoms with van der Waals surface area (Å²) in [5, 5.41) is 1.37. The Hall–Kier alpha value is -0.0800. The minimum atomic E-state index is 0.685. The van der Waals surface area contributed by atoms with Crippen molar-refractivity contribution in [2.75, 3.05) is 12.5 Å². The molecule has 0 saturated carbocycles. The predicted molar refractivity (Wildman–Crippen MR) is 59.0 cm³/mol. The summed E-state index contributed by atoms with van der Waals surface area (Å²) in [6.45, 7) is 0. The maximum atomic E-state index is 2.25. The summed E-state index contributed by atoms with van der Waals surface area (Å²) < 4.78 is 0. The van der Waals surface area contributed by atoms with Crippen LogP contribution in [0.3, 0.4) is 0 Å². The second-order valence-electron chi connectivity index (χ2n) is 2.98. The van der Waals surface area contributed by atoms with Crippen LogP contribution in [0.25, 0.3) is 0 Å². The van der Waals surface area contributed by atoms with Gasteiger partial charge in [0.2, 0.25) is 0 Å². The first-order chi connectivity index (χ1) is 5.86. The van der Waals surface area contributed by atoms with E-state index in [2.05, 4.69) is 36.8 Å². The van der Waals surface area contributed by atoms with Crippen molar-refractivity contribution in [2.45, 2.75) is 10.5 Å². The molecule has 0 aromatic heterocycles. The summed E-state index contributed by atoms with van der Waals surface area (Å²) in [5.41, 5.74) is 2.97. The van der Waals surface area contributed by atoms with Crippen molar-refractivity contribution < 1.29 is 0 Å². The molecule has 0 amide bonds. The summed E-state index contributed by atoms with van der Waals surface area (Å²) in [4.78, 5) is 0. The minimum absolute atomic E-state index is 0.685. The molecule has 0 N–H and O–H groups in total. The highest BCUT2D eigenvalue weighted by molar-refractivity contribution is 8.02. The fraction of sp³-hybridized carbons (Fsp3) is 0.400. The second kappa shape index (κ2) is 3.35. The summed E-state index contributed by atoms with van der Waals surface area (Å²) >= 11 is 3.92. The van der Waals surface area contributed by atoms with Crippen molar-refractivity contribution in [3.05, 3.63) is 35.4 Å². The third kappa shape index (κ3) is 1.17. The average Bonchev–Trinajstić information content (AvgIpc) is 2.18. The third-order valence-electron chi connectivity index (χ3n) is 2.38. The van der Waals surface area contributed by atoms with Gasteiger partial charge < -0.3 is 0 Å². The molecule has 64 valence electrons. The monoisotopic (exact) mass is 196 g/mol. The fourth-order valence-electron chi connectivity index (χ4n) is 1.74. The average molecular weight is 196 g/mol. The highest BCUT2D eigenvalue weighted by Crippen LogP contribution is 2.49. The first-order valence-electron chi connectivity index (χ1n) is 4.02. The standard InChI is InChI=1S/C10H12S2/c1-11-9-7-3-5-8(6-4-7)10(9)12-2/h3-6,9-10H,1-2H3. The molecular weight excluding hydrogens is 184 g/mol. The highest BCUT2D eigenvalue weighted by Gasteiger charge is 2.27. The Morgan fingerprint density at radius 2 is 1.17 bits per heavy atom. The molecule has 1 aromatic rings. The molecule has 1 aromatic carbocycles. The smallest absolute Gasteiger partial charge is 0.0454 e. The van der Waals surface area contributed by atoms with Gasteiger partial charge in [-0.2, -0.15) is 23.5 Å². The summed E-state index contributed by atoms with van der Waals surface area (Å²) in [6, 6.07) is 9.01. The first kappa shape index (κ1) is 8.52. The zero-order valence-corrected chi connectivity index (χ0v) is 8.91. The Kier molecular flexibility index (Phi) is 2.37. The number of thioether (sulfide) groups is 2. The highest BCUT2D eigenvalue weighted by atomic mass is 32.2. The van der Waals surface area contributed by atoms with Crippen molar-refractivity contribution in [2.24, 2.45) is 0 Å². The molecule has 12 heavy (non-hydrogen) atoms. The van der Waals surface area contributed by atoms with Crippen molar-refractivity contribution in [1.29, 1.82) is 0 Å². The van der Waals surface area contributed by atoms with Crippen molar-refractivity contribution >= 4 is 23.5 Å². The van der Waals surface area contributed by atoms with Gasteiger partial charge in [0.05, 0.1) is 0 Å². The largest absolute Gasteiger partial charge is 0.156 e. The van der Waals surface area contributed by atoms with Gasteiger partial charge in [0.1, 0.15) is 0 Å². The molecular formula is C10H12S2. The van der Waals surface area contributed by atoms with Gasteiger partial charge in [0.25, 0.3) is 0 Å². The SMILES string of the molecule is CSC1c2ccc(cc2)C1SC. The zero-order chi connectivity index (χ0) is 8.55. The van der Waals surface area contributed by atoms with Gasteiger partial charge in [0, 0.05) is 10.5 Å². The van der Waals surface area contributed by atoms with E-state index in [4.69, 9.17) is 0 Å². The molecule has 2 unspecified atom stereocenters. The van der Waals surface area contributed by atoms with Crippen LogP contribution in [-0.4, -0.2) is 12.5 Å².